The molecule has 2 N–H and O–H groups in total. The molecule has 0 aliphatic carbocycles. The molecule has 0 saturated carbocycles. The highest BCUT2D eigenvalue weighted by Crippen LogP contribution is 2.33. The number of amides is 1. The molecule has 0 saturated heterocycles. The van der Waals surface area contributed by atoms with Crippen LogP contribution < -0.4 is 15.4 Å². The Labute approximate surface area is 111 Å². The molecule has 0 aromatic heterocycles. The first-order valence-electron chi connectivity index (χ1n) is 6.00. The Balaban J connectivity index is 2.30. The van der Waals surface area contributed by atoms with E-state index in [9.17, 15) is 9.59 Å². The molecule has 19 heavy (non-hydrogen) atoms. The van der Waals surface area contributed by atoms with Crippen LogP contribution in [0.1, 0.15) is 18.5 Å². The smallest absolute Gasteiger partial charge is 0.327 e. The van der Waals surface area contributed by atoms with Crippen molar-refractivity contribution < 1.29 is 19.1 Å². The normalized spacial score (nSPS) is 15.5. The van der Waals surface area contributed by atoms with Crippen molar-refractivity contribution in [1.82, 2.24) is 0 Å². The number of anilines is 1. The van der Waals surface area contributed by atoms with E-state index in [1.165, 1.54) is 4.90 Å². The van der Waals surface area contributed by atoms with Crippen molar-refractivity contribution in [3.8, 4) is 5.75 Å². The highest BCUT2D eigenvalue weighted by Gasteiger charge is 2.25. The molecule has 0 radical (unpaired) electrons. The molecule has 6 heteroatoms. The third kappa shape index (κ3) is 2.53. The number of fused-ring (bicyclic) bond motifs is 1. The van der Waals surface area contributed by atoms with Gasteiger partial charge < -0.3 is 20.1 Å². The van der Waals surface area contributed by atoms with Crippen LogP contribution in [0.5, 0.6) is 5.75 Å². The van der Waals surface area contributed by atoms with Crippen molar-refractivity contribution in [3.05, 3.63) is 23.8 Å². The fraction of sp³-hybridized carbons (Fsp3) is 0.385. The Hall–Kier alpha value is -2.08. The van der Waals surface area contributed by atoms with Gasteiger partial charge in [-0.2, -0.15) is 0 Å². The number of carbonyl (C=O) groups is 2. The summed E-state index contributed by atoms with van der Waals surface area (Å²) in [5, 5.41) is 0. The van der Waals surface area contributed by atoms with E-state index in [4.69, 9.17) is 15.2 Å². The van der Waals surface area contributed by atoms with Crippen molar-refractivity contribution in [1.29, 1.82) is 0 Å². The molecular weight excluding hydrogens is 248 g/mol. The molecule has 102 valence electrons. The Kier molecular flexibility index (Phi) is 3.71. The first kappa shape index (κ1) is 13.4. The van der Waals surface area contributed by atoms with Gasteiger partial charge in [-0.05, 0) is 24.6 Å². The quantitative estimate of drug-likeness (QED) is 0.809. The van der Waals surface area contributed by atoms with Gasteiger partial charge in [0.25, 0.3) is 5.91 Å². The van der Waals surface area contributed by atoms with Gasteiger partial charge in [-0.15, -0.1) is 0 Å². The lowest BCUT2D eigenvalue weighted by Gasteiger charge is -2.26. The Bertz CT molecular complexity index is 515. The van der Waals surface area contributed by atoms with Gasteiger partial charge in [-0.1, -0.05) is 6.07 Å². The number of benzene rings is 1. The van der Waals surface area contributed by atoms with E-state index in [-0.39, 0.29) is 19.1 Å². The minimum atomic E-state index is -0.865. The van der Waals surface area contributed by atoms with Gasteiger partial charge >= 0.3 is 5.97 Å². The van der Waals surface area contributed by atoms with Crippen LogP contribution in [0, 0.1) is 0 Å². The molecule has 1 atom stereocenters. The zero-order valence-electron chi connectivity index (χ0n) is 10.9. The molecule has 1 unspecified atom stereocenters. The van der Waals surface area contributed by atoms with Gasteiger partial charge in [0, 0.05) is 7.05 Å². The van der Waals surface area contributed by atoms with Crippen LogP contribution in [0.3, 0.4) is 0 Å². The zero-order valence-corrected chi connectivity index (χ0v) is 10.9. The maximum Gasteiger partial charge on any atom is 0.327 e. The highest BCUT2D eigenvalue weighted by molar-refractivity contribution is 5.97. The van der Waals surface area contributed by atoms with Crippen LogP contribution in [0.15, 0.2) is 18.2 Å². The van der Waals surface area contributed by atoms with E-state index in [0.29, 0.717) is 17.0 Å². The second kappa shape index (κ2) is 5.27. The number of nitrogens with two attached hydrogens (primary N) is 1. The fourth-order valence-electron chi connectivity index (χ4n) is 1.85. The standard InChI is InChI=1S/C13H16N2O4/c1-3-18-13(17)12(14)8-4-5-10-9(6-8)15(2)11(16)7-19-10/h4-6,12H,3,7,14H2,1-2H3. The van der Waals surface area contributed by atoms with Crippen LogP contribution >= 0.6 is 0 Å². The summed E-state index contributed by atoms with van der Waals surface area (Å²) in [4.78, 5) is 24.6. The van der Waals surface area contributed by atoms with E-state index >= 15 is 0 Å². The predicted molar refractivity (Wildman–Crippen MR) is 68.9 cm³/mol. The monoisotopic (exact) mass is 264 g/mol. The van der Waals surface area contributed by atoms with E-state index in [2.05, 4.69) is 0 Å². The first-order chi connectivity index (χ1) is 9.04. The molecule has 0 bridgehead atoms. The lowest BCUT2D eigenvalue weighted by molar-refractivity contribution is -0.144. The van der Waals surface area contributed by atoms with Gasteiger partial charge in [-0.25, -0.2) is 4.79 Å². The van der Waals surface area contributed by atoms with Crippen LogP contribution in [0.2, 0.25) is 0 Å². The molecule has 1 heterocycles. The molecular formula is C13H16N2O4. The number of esters is 1. The van der Waals surface area contributed by atoms with Crippen molar-refractivity contribution in [2.24, 2.45) is 5.73 Å². The van der Waals surface area contributed by atoms with E-state index < -0.39 is 12.0 Å². The highest BCUT2D eigenvalue weighted by atomic mass is 16.5. The summed E-state index contributed by atoms with van der Waals surface area (Å²) >= 11 is 0. The summed E-state index contributed by atoms with van der Waals surface area (Å²) in [7, 11) is 1.66. The SMILES string of the molecule is CCOC(=O)C(N)c1ccc2c(c1)N(C)C(=O)CO2. The van der Waals surface area contributed by atoms with E-state index in [0.717, 1.165) is 0 Å². The van der Waals surface area contributed by atoms with Crippen molar-refractivity contribution in [2.45, 2.75) is 13.0 Å². The van der Waals surface area contributed by atoms with Crippen LogP contribution in [-0.4, -0.2) is 32.1 Å². The summed E-state index contributed by atoms with van der Waals surface area (Å²) < 4.78 is 10.2. The second-order valence-electron chi connectivity index (χ2n) is 4.20. The number of ether oxygens (including phenoxy) is 2. The summed E-state index contributed by atoms with van der Waals surface area (Å²) in [6.07, 6.45) is 0. The lowest BCUT2D eigenvalue weighted by Crippen LogP contribution is -2.35. The van der Waals surface area contributed by atoms with Gasteiger partial charge in [0.15, 0.2) is 6.61 Å². The molecule has 0 spiro atoms. The van der Waals surface area contributed by atoms with Gasteiger partial charge in [0.1, 0.15) is 11.8 Å². The maximum absolute atomic E-state index is 11.6. The first-order valence-corrected chi connectivity index (χ1v) is 6.00. The van der Waals surface area contributed by atoms with Crippen LogP contribution in [0.4, 0.5) is 5.69 Å². The third-order valence-corrected chi connectivity index (χ3v) is 2.97. The fourth-order valence-corrected chi connectivity index (χ4v) is 1.85. The second-order valence-corrected chi connectivity index (χ2v) is 4.20. The van der Waals surface area contributed by atoms with E-state index in [1.54, 1.807) is 32.2 Å². The zero-order chi connectivity index (χ0) is 14.0. The van der Waals surface area contributed by atoms with Gasteiger partial charge in [0.2, 0.25) is 0 Å². The average Bonchev–Trinajstić information content (AvgIpc) is 2.42. The molecule has 1 aliphatic heterocycles. The summed E-state index contributed by atoms with van der Waals surface area (Å²) in [5.74, 6) is -0.0376. The maximum atomic E-state index is 11.6. The number of rotatable bonds is 3. The molecule has 6 nitrogen and oxygen atoms in total. The minimum Gasteiger partial charge on any atom is -0.482 e. The van der Waals surface area contributed by atoms with Crippen molar-refractivity contribution in [2.75, 3.05) is 25.2 Å². The molecule has 1 aromatic carbocycles. The predicted octanol–water partition coefficient (Wildman–Crippen LogP) is 0.605. The third-order valence-electron chi connectivity index (χ3n) is 2.97. The van der Waals surface area contributed by atoms with Crippen LogP contribution in [-0.2, 0) is 14.3 Å². The summed E-state index contributed by atoms with van der Waals surface area (Å²) in [6, 6.07) is 4.21. The van der Waals surface area contributed by atoms with Crippen LogP contribution in [0.25, 0.3) is 0 Å². The average molecular weight is 264 g/mol. The molecule has 0 fully saturated rings. The van der Waals surface area contributed by atoms with Gasteiger partial charge in [-0.3, -0.25) is 4.79 Å². The van der Waals surface area contributed by atoms with Gasteiger partial charge in [0.05, 0.1) is 12.3 Å². The number of carbonyl (C=O) groups excluding carboxylic acids is 2. The number of likely N-dealkylation sites (N-methyl/N-ethyl adjacent to an activating group) is 1. The number of nitrogens with zero attached hydrogens (tertiary/aromatic N) is 1. The minimum absolute atomic E-state index is 0.0206. The Morgan fingerprint density at radius 3 is 3.00 bits per heavy atom. The number of hydrogen-bond donors (Lipinski definition) is 1. The topological polar surface area (TPSA) is 81.9 Å². The van der Waals surface area contributed by atoms with Crippen molar-refractivity contribution in [3.63, 3.8) is 0 Å². The molecule has 1 amide bonds. The lowest BCUT2D eigenvalue weighted by atomic mass is 10.1. The molecule has 1 aliphatic rings. The molecule has 1 aromatic rings. The summed E-state index contributed by atoms with van der Waals surface area (Å²) in [6.45, 7) is 2.02. The number of hydrogen-bond acceptors (Lipinski definition) is 5. The largest absolute Gasteiger partial charge is 0.482 e. The summed E-state index contributed by atoms with van der Waals surface area (Å²) in [5.41, 5.74) is 7.01. The Morgan fingerprint density at radius 2 is 2.32 bits per heavy atom. The van der Waals surface area contributed by atoms with Crippen molar-refractivity contribution >= 4 is 17.6 Å². The Morgan fingerprint density at radius 1 is 1.58 bits per heavy atom. The van der Waals surface area contributed by atoms with E-state index in [1.807, 2.05) is 0 Å². The molecule has 2 rings (SSSR count).